The molecule has 0 saturated heterocycles. The Labute approximate surface area is 132 Å². The van der Waals surface area contributed by atoms with Gasteiger partial charge in [0.15, 0.2) is 0 Å². The molecule has 0 fully saturated rings. The zero-order valence-corrected chi connectivity index (χ0v) is 12.1. The lowest BCUT2D eigenvalue weighted by molar-refractivity contribution is -0.136. The maximum atomic E-state index is 13.0. The second-order valence-electron chi connectivity index (χ2n) is 5.78. The van der Waals surface area contributed by atoms with Crippen molar-refractivity contribution in [3.63, 3.8) is 0 Å². The van der Waals surface area contributed by atoms with E-state index in [0.29, 0.717) is 11.1 Å². The predicted octanol–water partition coefficient (Wildman–Crippen LogP) is 2.62. The molecule has 0 aliphatic carbocycles. The number of cyclic esters (lactones) is 1. The normalized spacial score (nSPS) is 21.0. The lowest BCUT2D eigenvalue weighted by atomic mass is 9.97. The van der Waals surface area contributed by atoms with Crippen LogP contribution in [0.15, 0.2) is 59.8 Å². The third kappa shape index (κ3) is 1.51. The number of carbonyl (C=O) groups excluding carboxylic acids is 2. The van der Waals surface area contributed by atoms with Gasteiger partial charge in [0.2, 0.25) is 0 Å². The number of rotatable bonds is 0. The molecule has 1 N–H and O–H groups in total. The van der Waals surface area contributed by atoms with Crippen molar-refractivity contribution in [1.82, 2.24) is 0 Å². The summed E-state index contributed by atoms with van der Waals surface area (Å²) in [5.74, 6) is -0.451. The third-order valence-corrected chi connectivity index (χ3v) is 4.58. The topological polar surface area (TPSA) is 58.6 Å². The Morgan fingerprint density at radius 1 is 1.04 bits per heavy atom. The Morgan fingerprint density at radius 3 is 2.74 bits per heavy atom. The minimum Gasteiger partial charge on any atom is -0.456 e. The Bertz CT molecular complexity index is 916. The number of hydrogen-bond donors (Lipinski definition) is 1. The summed E-state index contributed by atoms with van der Waals surface area (Å²) in [6.07, 6.45) is 0. The van der Waals surface area contributed by atoms with Crippen molar-refractivity contribution in [3.05, 3.63) is 70.9 Å². The zero-order valence-electron chi connectivity index (χ0n) is 12.1. The molecule has 5 nitrogen and oxygen atoms in total. The summed E-state index contributed by atoms with van der Waals surface area (Å²) < 4.78 is 5.22. The smallest absolute Gasteiger partial charge is 0.338 e. The average Bonchev–Trinajstić information content (AvgIpc) is 3.01. The lowest BCUT2D eigenvalue weighted by Gasteiger charge is -2.25. The van der Waals surface area contributed by atoms with Crippen molar-refractivity contribution in [2.75, 3.05) is 16.8 Å². The summed E-state index contributed by atoms with van der Waals surface area (Å²) in [7, 11) is 0. The molecule has 1 atom stereocenters. The second kappa shape index (κ2) is 4.23. The van der Waals surface area contributed by atoms with Crippen LogP contribution in [0, 0.1) is 0 Å². The van der Waals surface area contributed by atoms with Crippen LogP contribution in [0.2, 0.25) is 0 Å². The highest BCUT2D eigenvalue weighted by Crippen LogP contribution is 2.48. The number of amides is 1. The van der Waals surface area contributed by atoms with Crippen molar-refractivity contribution >= 4 is 23.3 Å². The van der Waals surface area contributed by atoms with E-state index in [1.54, 1.807) is 4.90 Å². The van der Waals surface area contributed by atoms with Crippen LogP contribution in [0.3, 0.4) is 0 Å². The van der Waals surface area contributed by atoms with Gasteiger partial charge >= 0.3 is 5.97 Å². The van der Waals surface area contributed by atoms with Crippen molar-refractivity contribution in [3.8, 4) is 0 Å². The first kappa shape index (κ1) is 12.5. The molecule has 3 aliphatic rings. The molecule has 3 aliphatic heterocycles. The van der Waals surface area contributed by atoms with Gasteiger partial charge in [0.05, 0.1) is 28.7 Å². The van der Waals surface area contributed by atoms with Gasteiger partial charge in [0.1, 0.15) is 6.61 Å². The molecule has 0 aromatic heterocycles. The van der Waals surface area contributed by atoms with E-state index < -0.39 is 6.04 Å². The summed E-state index contributed by atoms with van der Waals surface area (Å²) >= 11 is 0. The van der Waals surface area contributed by atoms with Gasteiger partial charge in [-0.15, -0.1) is 0 Å². The highest BCUT2D eigenvalue weighted by molar-refractivity contribution is 6.15. The van der Waals surface area contributed by atoms with Crippen LogP contribution in [0.4, 0.5) is 11.4 Å². The number of ether oxygens (including phenoxy) is 1. The van der Waals surface area contributed by atoms with E-state index in [2.05, 4.69) is 5.32 Å². The molecule has 0 saturated carbocycles. The van der Waals surface area contributed by atoms with Gasteiger partial charge in [0.25, 0.3) is 5.91 Å². The maximum Gasteiger partial charge on any atom is 0.338 e. The van der Waals surface area contributed by atoms with Crippen LogP contribution in [0.1, 0.15) is 22.0 Å². The van der Waals surface area contributed by atoms with Crippen LogP contribution in [0.5, 0.6) is 0 Å². The molecule has 1 amide bonds. The zero-order chi connectivity index (χ0) is 15.6. The maximum absolute atomic E-state index is 13.0. The Kier molecular flexibility index (Phi) is 2.29. The van der Waals surface area contributed by atoms with Gasteiger partial charge in [-0.1, -0.05) is 30.3 Å². The lowest BCUT2D eigenvalue weighted by Crippen LogP contribution is -2.30. The fraction of sp³-hybridized carbons (Fsp3) is 0.111. The van der Waals surface area contributed by atoms with Crippen molar-refractivity contribution < 1.29 is 14.3 Å². The van der Waals surface area contributed by atoms with E-state index in [-0.39, 0.29) is 18.5 Å². The predicted molar refractivity (Wildman–Crippen MR) is 84.0 cm³/mol. The number of carbonyl (C=O) groups is 2. The summed E-state index contributed by atoms with van der Waals surface area (Å²) in [4.78, 5) is 27.0. The van der Waals surface area contributed by atoms with Crippen molar-refractivity contribution in [2.24, 2.45) is 0 Å². The van der Waals surface area contributed by atoms with Crippen molar-refractivity contribution in [1.29, 1.82) is 0 Å². The molecule has 2 aromatic rings. The van der Waals surface area contributed by atoms with E-state index >= 15 is 0 Å². The van der Waals surface area contributed by atoms with Crippen LogP contribution >= 0.6 is 0 Å². The van der Waals surface area contributed by atoms with Crippen LogP contribution in [-0.2, 0) is 9.53 Å². The van der Waals surface area contributed by atoms with Gasteiger partial charge in [-0.3, -0.25) is 9.69 Å². The fourth-order valence-electron chi connectivity index (χ4n) is 3.60. The van der Waals surface area contributed by atoms with Gasteiger partial charge in [0, 0.05) is 5.56 Å². The first-order valence-electron chi connectivity index (χ1n) is 7.44. The Balaban J connectivity index is 1.84. The van der Waals surface area contributed by atoms with Crippen LogP contribution in [0.25, 0.3) is 0 Å². The number of nitrogens with one attached hydrogen (secondary N) is 1. The molecular formula is C18H12N2O3. The molecule has 3 heterocycles. The number of anilines is 2. The average molecular weight is 304 g/mol. The summed E-state index contributed by atoms with van der Waals surface area (Å²) in [5, 5.41) is 3.27. The first-order chi connectivity index (χ1) is 11.3. The second-order valence-corrected chi connectivity index (χ2v) is 5.78. The number of fused-ring (bicyclic) bond motifs is 6. The highest BCUT2D eigenvalue weighted by Gasteiger charge is 2.47. The van der Waals surface area contributed by atoms with Gasteiger partial charge in [-0.05, 0) is 23.8 Å². The summed E-state index contributed by atoms with van der Waals surface area (Å²) in [5.41, 5.74) is 4.34. The number of benzene rings is 2. The number of esters is 1. The molecule has 2 aromatic carbocycles. The summed E-state index contributed by atoms with van der Waals surface area (Å²) in [6, 6.07) is 14.6. The van der Waals surface area contributed by atoms with E-state index in [9.17, 15) is 9.59 Å². The summed E-state index contributed by atoms with van der Waals surface area (Å²) in [6.45, 7) is 0.212. The minimum absolute atomic E-state index is 0.0895. The highest BCUT2D eigenvalue weighted by atomic mass is 16.5. The van der Waals surface area contributed by atoms with E-state index in [4.69, 9.17) is 4.74 Å². The molecule has 0 bridgehead atoms. The molecule has 0 spiro atoms. The number of nitrogens with zero attached hydrogens (tertiary/aromatic N) is 1. The van der Waals surface area contributed by atoms with Gasteiger partial charge < -0.3 is 10.1 Å². The van der Waals surface area contributed by atoms with E-state index in [0.717, 1.165) is 22.6 Å². The number of para-hydroxylation sites is 2. The molecule has 23 heavy (non-hydrogen) atoms. The Morgan fingerprint density at radius 2 is 1.83 bits per heavy atom. The Hall–Kier alpha value is -3.08. The molecular weight excluding hydrogens is 292 g/mol. The molecule has 1 unspecified atom stereocenters. The van der Waals surface area contributed by atoms with Crippen LogP contribution in [-0.4, -0.2) is 18.5 Å². The quantitative estimate of drug-likeness (QED) is 0.760. The SMILES string of the molecule is O=C1OCC2=C1C1c3ccccc3C(=O)N1c1ccccc1N2. The fourth-order valence-corrected chi connectivity index (χ4v) is 3.60. The van der Waals surface area contributed by atoms with Gasteiger partial charge in [-0.2, -0.15) is 0 Å². The van der Waals surface area contributed by atoms with Gasteiger partial charge in [-0.25, -0.2) is 4.79 Å². The minimum atomic E-state index is -0.431. The monoisotopic (exact) mass is 304 g/mol. The number of hydrogen-bond acceptors (Lipinski definition) is 4. The molecule has 112 valence electrons. The molecule has 5 rings (SSSR count). The van der Waals surface area contributed by atoms with Crippen molar-refractivity contribution in [2.45, 2.75) is 6.04 Å². The van der Waals surface area contributed by atoms with E-state index in [1.165, 1.54) is 0 Å². The standard InChI is InChI=1S/C18H12N2O3/c21-17-11-6-2-1-5-10(11)16-15-13(9-23-18(15)22)19-12-7-3-4-8-14(12)20(16)17/h1-8,16,19H,9H2. The molecule has 0 radical (unpaired) electrons. The van der Waals surface area contributed by atoms with Crippen LogP contribution < -0.4 is 10.2 Å². The van der Waals surface area contributed by atoms with E-state index in [1.807, 2.05) is 48.5 Å². The first-order valence-corrected chi connectivity index (χ1v) is 7.44. The largest absolute Gasteiger partial charge is 0.456 e. The molecule has 5 heteroatoms. The third-order valence-electron chi connectivity index (χ3n) is 4.58.